The van der Waals surface area contributed by atoms with Crippen molar-refractivity contribution in [3.63, 3.8) is 0 Å². The van der Waals surface area contributed by atoms with E-state index in [4.69, 9.17) is 4.74 Å². The van der Waals surface area contributed by atoms with E-state index in [0.717, 1.165) is 12.1 Å². The number of nitrogens with zero attached hydrogens (tertiary/aromatic N) is 3. The van der Waals surface area contributed by atoms with E-state index in [1.54, 1.807) is 21.9 Å². The van der Waals surface area contributed by atoms with Crippen LogP contribution in [0, 0.1) is 5.92 Å². The predicted molar refractivity (Wildman–Crippen MR) is 85.4 cm³/mol. The van der Waals surface area contributed by atoms with Gasteiger partial charge in [0.1, 0.15) is 6.10 Å². The lowest BCUT2D eigenvalue weighted by molar-refractivity contribution is -0.138. The average Bonchev–Trinajstić information content (AvgIpc) is 2.94. The zero-order valence-electron chi connectivity index (χ0n) is 13.6. The number of ether oxygens (including phenoxy) is 1. The van der Waals surface area contributed by atoms with Crippen molar-refractivity contribution >= 4 is 12.0 Å². The van der Waals surface area contributed by atoms with Crippen LogP contribution in [0.25, 0.3) is 6.08 Å². The highest BCUT2D eigenvalue weighted by Gasteiger charge is 2.33. The molecule has 23 heavy (non-hydrogen) atoms. The summed E-state index contributed by atoms with van der Waals surface area (Å²) in [6.07, 6.45) is 3.97. The number of aromatic nitrogens is 2. The highest BCUT2D eigenvalue weighted by Crippen LogP contribution is 2.17. The maximum Gasteiger partial charge on any atom is 0.246 e. The summed E-state index contributed by atoms with van der Waals surface area (Å²) >= 11 is 0. The lowest BCUT2D eigenvalue weighted by atomic mass is 9.96. The molecule has 1 saturated heterocycles. The number of aliphatic hydroxyl groups excluding tert-OH is 2. The Kier molecular flexibility index (Phi) is 6.32. The van der Waals surface area contributed by atoms with Gasteiger partial charge in [0.2, 0.25) is 5.91 Å². The van der Waals surface area contributed by atoms with Crippen LogP contribution in [0.2, 0.25) is 0 Å². The normalized spacial score (nSPS) is 25.0. The molecule has 2 N–H and O–H groups in total. The van der Waals surface area contributed by atoms with E-state index in [1.807, 2.05) is 20.0 Å². The third-order valence-electron chi connectivity index (χ3n) is 4.01. The standard InChI is InChI=1S/C16H25N3O4/c1-3-8-19(9-12-10-23-11-14(20)16(12)22)15(21)5-4-13-6-7-17-18(13)2/h4-7,12,14,16,20,22H,3,8-11H2,1-2H3/b5-4+/t12-,14-,16+/m1/s1. The number of carbonyl (C=O) groups excluding carboxylic acids is 1. The van der Waals surface area contributed by atoms with Gasteiger partial charge in [-0.3, -0.25) is 9.48 Å². The van der Waals surface area contributed by atoms with Crippen LogP contribution in [0.3, 0.4) is 0 Å². The van der Waals surface area contributed by atoms with Gasteiger partial charge >= 0.3 is 0 Å². The van der Waals surface area contributed by atoms with Crippen molar-refractivity contribution in [2.75, 3.05) is 26.3 Å². The molecule has 2 heterocycles. The molecule has 0 aromatic carbocycles. The summed E-state index contributed by atoms with van der Waals surface area (Å²) < 4.78 is 6.96. The minimum atomic E-state index is -0.891. The summed E-state index contributed by atoms with van der Waals surface area (Å²) in [5.74, 6) is -0.403. The van der Waals surface area contributed by atoms with Crippen molar-refractivity contribution in [1.29, 1.82) is 0 Å². The molecule has 2 rings (SSSR count). The highest BCUT2D eigenvalue weighted by atomic mass is 16.5. The fourth-order valence-electron chi connectivity index (χ4n) is 2.67. The first-order chi connectivity index (χ1) is 11.0. The molecule has 7 nitrogen and oxygen atoms in total. The molecule has 1 fully saturated rings. The molecule has 0 radical (unpaired) electrons. The molecule has 0 bridgehead atoms. The molecule has 1 amide bonds. The number of aryl methyl sites for hydroxylation is 1. The molecule has 1 aromatic heterocycles. The number of carbonyl (C=O) groups is 1. The Morgan fingerprint density at radius 3 is 2.96 bits per heavy atom. The third kappa shape index (κ3) is 4.63. The fourth-order valence-corrected chi connectivity index (χ4v) is 2.67. The van der Waals surface area contributed by atoms with Gasteiger partial charge in [-0.25, -0.2) is 0 Å². The summed E-state index contributed by atoms with van der Waals surface area (Å²) in [6, 6.07) is 1.82. The molecule has 1 aliphatic heterocycles. The Balaban J connectivity index is 2.01. The summed E-state index contributed by atoms with van der Waals surface area (Å²) in [5, 5.41) is 23.8. The van der Waals surface area contributed by atoms with E-state index in [1.165, 1.54) is 6.08 Å². The molecule has 0 saturated carbocycles. The van der Waals surface area contributed by atoms with Crippen molar-refractivity contribution in [2.24, 2.45) is 13.0 Å². The molecule has 0 aliphatic carbocycles. The van der Waals surface area contributed by atoms with E-state index in [9.17, 15) is 15.0 Å². The second kappa shape index (κ2) is 8.24. The van der Waals surface area contributed by atoms with Crippen LogP contribution < -0.4 is 0 Å². The third-order valence-corrected chi connectivity index (χ3v) is 4.01. The van der Waals surface area contributed by atoms with Crippen LogP contribution in [0.5, 0.6) is 0 Å². The highest BCUT2D eigenvalue weighted by molar-refractivity contribution is 5.91. The number of aliphatic hydroxyl groups is 2. The first-order valence-electron chi connectivity index (χ1n) is 7.91. The SMILES string of the molecule is CCCN(C[C@@H]1COC[C@@H](O)[C@H]1O)C(=O)/C=C/c1ccnn1C. The Morgan fingerprint density at radius 1 is 1.52 bits per heavy atom. The number of hydrogen-bond acceptors (Lipinski definition) is 5. The maximum atomic E-state index is 12.4. The van der Waals surface area contributed by atoms with Crippen molar-refractivity contribution < 1.29 is 19.7 Å². The quantitative estimate of drug-likeness (QED) is 0.722. The van der Waals surface area contributed by atoms with Gasteiger partial charge in [-0.05, 0) is 18.6 Å². The molecule has 0 spiro atoms. The molecule has 3 atom stereocenters. The number of hydrogen-bond donors (Lipinski definition) is 2. The molecule has 1 aliphatic rings. The van der Waals surface area contributed by atoms with E-state index >= 15 is 0 Å². The molecule has 128 valence electrons. The van der Waals surface area contributed by atoms with Gasteiger partial charge in [0.25, 0.3) is 0 Å². The summed E-state index contributed by atoms with van der Waals surface area (Å²) in [4.78, 5) is 14.1. The Labute approximate surface area is 136 Å². The van der Waals surface area contributed by atoms with Gasteiger partial charge in [-0.1, -0.05) is 6.92 Å². The van der Waals surface area contributed by atoms with E-state index in [2.05, 4.69) is 5.10 Å². The summed E-state index contributed by atoms with van der Waals surface area (Å²) in [6.45, 7) is 3.43. The molecule has 0 unspecified atom stereocenters. The second-order valence-electron chi connectivity index (χ2n) is 5.85. The Morgan fingerprint density at radius 2 is 2.30 bits per heavy atom. The molecular formula is C16H25N3O4. The zero-order valence-corrected chi connectivity index (χ0v) is 13.6. The second-order valence-corrected chi connectivity index (χ2v) is 5.85. The van der Waals surface area contributed by atoms with E-state index < -0.39 is 12.2 Å². The van der Waals surface area contributed by atoms with Gasteiger partial charge in [0.15, 0.2) is 0 Å². The number of amides is 1. The Hall–Kier alpha value is -1.70. The summed E-state index contributed by atoms with van der Waals surface area (Å²) in [7, 11) is 1.81. The Bertz CT molecular complexity index is 543. The largest absolute Gasteiger partial charge is 0.390 e. The predicted octanol–water partition coefficient (Wildman–Crippen LogP) is 0.0401. The van der Waals surface area contributed by atoms with Gasteiger partial charge in [-0.15, -0.1) is 0 Å². The van der Waals surface area contributed by atoms with Crippen molar-refractivity contribution in [3.8, 4) is 0 Å². The van der Waals surface area contributed by atoms with Crippen LogP contribution in [0.15, 0.2) is 18.3 Å². The number of rotatable bonds is 6. The van der Waals surface area contributed by atoms with Crippen LogP contribution >= 0.6 is 0 Å². The van der Waals surface area contributed by atoms with Gasteiger partial charge in [-0.2, -0.15) is 5.10 Å². The first kappa shape index (κ1) is 17.7. The van der Waals surface area contributed by atoms with E-state index in [0.29, 0.717) is 19.7 Å². The van der Waals surface area contributed by atoms with Crippen LogP contribution in [-0.4, -0.2) is 69.3 Å². The maximum absolute atomic E-state index is 12.4. The van der Waals surface area contributed by atoms with Crippen molar-refractivity contribution in [1.82, 2.24) is 14.7 Å². The minimum absolute atomic E-state index is 0.125. The smallest absolute Gasteiger partial charge is 0.246 e. The zero-order chi connectivity index (χ0) is 16.8. The lowest BCUT2D eigenvalue weighted by Gasteiger charge is -2.35. The van der Waals surface area contributed by atoms with Gasteiger partial charge < -0.3 is 19.8 Å². The first-order valence-corrected chi connectivity index (χ1v) is 7.91. The molecule has 1 aromatic rings. The minimum Gasteiger partial charge on any atom is -0.390 e. The van der Waals surface area contributed by atoms with Gasteiger partial charge in [0.05, 0.1) is 25.0 Å². The van der Waals surface area contributed by atoms with Crippen LogP contribution in [0.1, 0.15) is 19.0 Å². The average molecular weight is 323 g/mol. The fraction of sp³-hybridized carbons (Fsp3) is 0.625. The van der Waals surface area contributed by atoms with Crippen LogP contribution in [0.4, 0.5) is 0 Å². The van der Waals surface area contributed by atoms with Crippen molar-refractivity contribution in [2.45, 2.75) is 25.6 Å². The van der Waals surface area contributed by atoms with Gasteiger partial charge in [0, 0.05) is 38.3 Å². The van der Waals surface area contributed by atoms with E-state index in [-0.39, 0.29) is 18.4 Å². The van der Waals surface area contributed by atoms with Crippen molar-refractivity contribution in [3.05, 3.63) is 24.0 Å². The van der Waals surface area contributed by atoms with Crippen LogP contribution in [-0.2, 0) is 16.6 Å². The monoisotopic (exact) mass is 323 g/mol. The summed E-state index contributed by atoms with van der Waals surface area (Å²) in [5.41, 5.74) is 0.839. The molecule has 7 heteroatoms. The molecular weight excluding hydrogens is 298 g/mol. The topological polar surface area (TPSA) is 87.8 Å². The lowest BCUT2D eigenvalue weighted by Crippen LogP contribution is -2.49.